The smallest absolute Gasteiger partial charge is 0.416 e. The molecule has 0 radical (unpaired) electrons. The van der Waals surface area contributed by atoms with Crippen molar-refractivity contribution in [3.8, 4) is 17.2 Å². The zero-order valence-corrected chi connectivity index (χ0v) is 14.0. The van der Waals surface area contributed by atoms with Gasteiger partial charge in [0.25, 0.3) is 0 Å². The van der Waals surface area contributed by atoms with Gasteiger partial charge in [-0.3, -0.25) is 9.69 Å². The van der Waals surface area contributed by atoms with Gasteiger partial charge in [-0.25, -0.2) is 4.79 Å². The van der Waals surface area contributed by atoms with E-state index < -0.39 is 12.1 Å². The average molecular weight is 345 g/mol. The summed E-state index contributed by atoms with van der Waals surface area (Å²) in [6, 6.07) is 13.0. The first-order valence-corrected chi connectivity index (χ1v) is 7.48. The second-order valence-corrected chi connectivity index (χ2v) is 5.10. The predicted octanol–water partition coefficient (Wildman–Crippen LogP) is 2.57. The zero-order valence-electron chi connectivity index (χ0n) is 14.0. The third-order valence-electron chi connectivity index (χ3n) is 3.42. The van der Waals surface area contributed by atoms with E-state index >= 15 is 0 Å². The summed E-state index contributed by atoms with van der Waals surface area (Å²) in [5, 5.41) is 9.87. The Hall–Kier alpha value is -3.22. The van der Waals surface area contributed by atoms with E-state index in [2.05, 4.69) is 4.74 Å². The molecule has 0 bridgehead atoms. The second-order valence-electron chi connectivity index (χ2n) is 5.10. The summed E-state index contributed by atoms with van der Waals surface area (Å²) >= 11 is 0. The fraction of sp³-hybridized carbons (Fsp3) is 0.222. The molecular formula is C18H19NO6. The van der Waals surface area contributed by atoms with Gasteiger partial charge in [-0.2, -0.15) is 0 Å². The van der Waals surface area contributed by atoms with E-state index in [4.69, 9.17) is 9.47 Å². The number of esters is 1. The third-order valence-corrected chi connectivity index (χ3v) is 3.42. The molecular weight excluding hydrogens is 326 g/mol. The van der Waals surface area contributed by atoms with E-state index in [-0.39, 0.29) is 18.8 Å². The second kappa shape index (κ2) is 8.58. The molecule has 0 atom stereocenters. The summed E-state index contributed by atoms with van der Waals surface area (Å²) in [4.78, 5) is 25.1. The van der Waals surface area contributed by atoms with Gasteiger partial charge in [0, 0.05) is 5.56 Å². The van der Waals surface area contributed by atoms with Gasteiger partial charge in [-0.05, 0) is 30.3 Å². The fourth-order valence-electron chi connectivity index (χ4n) is 2.06. The van der Waals surface area contributed by atoms with Crippen LogP contribution in [0.5, 0.6) is 17.2 Å². The van der Waals surface area contributed by atoms with E-state index in [1.807, 2.05) is 0 Å². The van der Waals surface area contributed by atoms with Crippen LogP contribution in [0.15, 0.2) is 48.5 Å². The van der Waals surface area contributed by atoms with Crippen LogP contribution in [0.3, 0.4) is 0 Å². The Morgan fingerprint density at radius 2 is 1.64 bits per heavy atom. The largest absolute Gasteiger partial charge is 0.508 e. The van der Waals surface area contributed by atoms with Crippen molar-refractivity contribution in [2.24, 2.45) is 0 Å². The average Bonchev–Trinajstić information content (AvgIpc) is 2.63. The molecule has 0 unspecified atom stereocenters. The number of aromatic hydroxyl groups is 1. The van der Waals surface area contributed by atoms with Crippen molar-refractivity contribution in [2.75, 3.05) is 20.8 Å². The molecule has 0 spiro atoms. The van der Waals surface area contributed by atoms with E-state index in [0.29, 0.717) is 17.1 Å². The quantitative estimate of drug-likeness (QED) is 0.810. The van der Waals surface area contributed by atoms with E-state index in [1.54, 1.807) is 42.5 Å². The lowest BCUT2D eigenvalue weighted by atomic mass is 10.2. The van der Waals surface area contributed by atoms with Gasteiger partial charge in [-0.1, -0.05) is 18.2 Å². The number of ether oxygens (including phenoxy) is 3. The van der Waals surface area contributed by atoms with Crippen LogP contribution < -0.4 is 9.47 Å². The Bertz CT molecular complexity index is 729. The number of methoxy groups -OCH3 is 2. The van der Waals surface area contributed by atoms with E-state index in [9.17, 15) is 14.7 Å². The number of rotatable bonds is 6. The van der Waals surface area contributed by atoms with Crippen molar-refractivity contribution in [2.45, 2.75) is 6.54 Å². The van der Waals surface area contributed by atoms with Crippen LogP contribution in [-0.4, -0.2) is 42.8 Å². The molecule has 0 aromatic heterocycles. The lowest BCUT2D eigenvalue weighted by Crippen LogP contribution is -2.37. The van der Waals surface area contributed by atoms with Crippen molar-refractivity contribution < 1.29 is 28.9 Å². The van der Waals surface area contributed by atoms with Crippen molar-refractivity contribution in [3.63, 3.8) is 0 Å². The molecule has 0 saturated carbocycles. The molecule has 0 aliphatic carbocycles. The number of hydrogen-bond acceptors (Lipinski definition) is 6. The Balaban J connectivity index is 2.14. The number of para-hydroxylation sites is 1. The SMILES string of the molecule is COC(=O)CN(Cc1ccccc1O)C(=O)Oc1ccc(OC)cc1. The predicted molar refractivity (Wildman–Crippen MR) is 89.6 cm³/mol. The molecule has 2 aromatic rings. The highest BCUT2D eigenvalue weighted by atomic mass is 16.6. The van der Waals surface area contributed by atoms with E-state index in [0.717, 1.165) is 4.90 Å². The minimum atomic E-state index is -0.737. The van der Waals surface area contributed by atoms with Crippen LogP contribution in [0.1, 0.15) is 5.56 Å². The number of phenols is 1. The van der Waals surface area contributed by atoms with Gasteiger partial charge in [0.2, 0.25) is 0 Å². The van der Waals surface area contributed by atoms with Crippen molar-refractivity contribution in [1.29, 1.82) is 0 Å². The highest BCUT2D eigenvalue weighted by molar-refractivity contribution is 5.79. The molecule has 2 aromatic carbocycles. The van der Waals surface area contributed by atoms with Crippen LogP contribution in [0.2, 0.25) is 0 Å². The Labute approximate surface area is 145 Å². The van der Waals surface area contributed by atoms with Crippen molar-refractivity contribution in [1.82, 2.24) is 4.90 Å². The van der Waals surface area contributed by atoms with Crippen LogP contribution in [0.25, 0.3) is 0 Å². The van der Waals surface area contributed by atoms with Crippen LogP contribution in [-0.2, 0) is 16.1 Å². The van der Waals surface area contributed by atoms with Gasteiger partial charge < -0.3 is 19.3 Å². The number of nitrogens with zero attached hydrogens (tertiary/aromatic N) is 1. The maximum atomic E-state index is 12.4. The normalized spacial score (nSPS) is 10.0. The number of amides is 1. The summed E-state index contributed by atoms with van der Waals surface area (Å²) in [5.41, 5.74) is 0.484. The molecule has 0 aliphatic heterocycles. The molecule has 0 heterocycles. The first-order valence-electron chi connectivity index (χ1n) is 7.48. The molecule has 2 rings (SSSR count). The molecule has 0 saturated heterocycles. The highest BCUT2D eigenvalue weighted by Gasteiger charge is 2.21. The standard InChI is InChI=1S/C18H19NO6/c1-23-14-7-9-15(10-8-14)25-18(22)19(12-17(21)24-2)11-13-5-3-4-6-16(13)20/h3-10,20H,11-12H2,1-2H3. The Morgan fingerprint density at radius 3 is 2.24 bits per heavy atom. The molecule has 0 fully saturated rings. The van der Waals surface area contributed by atoms with Crippen molar-refractivity contribution >= 4 is 12.1 Å². The van der Waals surface area contributed by atoms with Gasteiger partial charge in [-0.15, -0.1) is 0 Å². The molecule has 7 nitrogen and oxygen atoms in total. The molecule has 25 heavy (non-hydrogen) atoms. The summed E-state index contributed by atoms with van der Waals surface area (Å²) in [6.07, 6.45) is -0.737. The van der Waals surface area contributed by atoms with Gasteiger partial charge in [0.05, 0.1) is 20.8 Å². The van der Waals surface area contributed by atoms with Gasteiger partial charge in [0.1, 0.15) is 23.8 Å². The van der Waals surface area contributed by atoms with Gasteiger partial charge in [0.15, 0.2) is 0 Å². The van der Waals surface area contributed by atoms with Crippen molar-refractivity contribution in [3.05, 3.63) is 54.1 Å². The monoisotopic (exact) mass is 345 g/mol. The number of hydrogen-bond donors (Lipinski definition) is 1. The third kappa shape index (κ3) is 5.13. The minimum Gasteiger partial charge on any atom is -0.508 e. The Morgan fingerprint density at radius 1 is 1.00 bits per heavy atom. The summed E-state index contributed by atoms with van der Waals surface area (Å²) < 4.78 is 14.9. The number of carbonyl (C=O) groups is 2. The maximum Gasteiger partial charge on any atom is 0.416 e. The first-order chi connectivity index (χ1) is 12.0. The molecule has 0 aliphatic rings. The molecule has 1 amide bonds. The zero-order chi connectivity index (χ0) is 18.2. The Kier molecular flexibility index (Phi) is 6.22. The first kappa shape index (κ1) is 18.1. The summed E-state index contributed by atoms with van der Waals surface area (Å²) in [7, 11) is 2.76. The van der Waals surface area contributed by atoms with E-state index in [1.165, 1.54) is 20.3 Å². The van der Waals surface area contributed by atoms with Crippen LogP contribution >= 0.6 is 0 Å². The maximum absolute atomic E-state index is 12.4. The summed E-state index contributed by atoms with van der Waals surface area (Å²) in [5.74, 6) is 0.357. The molecule has 7 heteroatoms. The number of benzene rings is 2. The highest BCUT2D eigenvalue weighted by Crippen LogP contribution is 2.20. The lowest BCUT2D eigenvalue weighted by molar-refractivity contribution is -0.141. The topological polar surface area (TPSA) is 85.3 Å². The summed E-state index contributed by atoms with van der Waals surface area (Å²) in [6.45, 7) is -0.309. The fourth-order valence-corrected chi connectivity index (χ4v) is 2.06. The minimum absolute atomic E-state index is 0.00321. The van der Waals surface area contributed by atoms with Crippen LogP contribution in [0.4, 0.5) is 4.79 Å². The van der Waals surface area contributed by atoms with Crippen LogP contribution in [0, 0.1) is 0 Å². The number of carbonyl (C=O) groups excluding carboxylic acids is 2. The van der Waals surface area contributed by atoms with Gasteiger partial charge >= 0.3 is 12.1 Å². The lowest BCUT2D eigenvalue weighted by Gasteiger charge is -2.21. The molecule has 132 valence electrons. The number of phenolic OH excluding ortho intramolecular Hbond substituents is 1. The molecule has 1 N–H and O–H groups in total.